The summed E-state index contributed by atoms with van der Waals surface area (Å²) < 4.78 is 0. The summed E-state index contributed by atoms with van der Waals surface area (Å²) in [5.74, 6) is -3.75. The maximum Gasteiger partial charge on any atom is 2.00 e. The Hall–Kier alpha value is -1.08. The number of hydrogen-bond donors (Lipinski definition) is 1. The molecule has 0 bridgehead atoms. The topological polar surface area (TPSA) is 118 Å². The number of carbonyl (C=O) groups excluding carboxylic acids is 2. The zero-order valence-electron chi connectivity index (χ0n) is 18.2. The number of aliphatic carboxylic acids is 3. The molecule has 0 atom stereocenters. The standard InChI is InChI=1S/C18H36O2.C4H4O4.Mg/c1-2-3-4-5-6-7-8-9-10-11-12-13-14-15-16-17-18(19)20;5-3(6)1-2-4(7)8;/h2-17H2,1H3,(H,19,20);1-2H,(H,5,6)(H,7,8);/q;;+2/p-2. The van der Waals surface area contributed by atoms with E-state index in [0.29, 0.717) is 18.6 Å². The van der Waals surface area contributed by atoms with Crippen molar-refractivity contribution in [3.8, 4) is 0 Å². The van der Waals surface area contributed by atoms with E-state index in [2.05, 4.69) is 6.92 Å². The van der Waals surface area contributed by atoms with Crippen LogP contribution in [0.3, 0.4) is 0 Å². The molecule has 0 amide bonds. The fourth-order valence-electron chi connectivity index (χ4n) is 2.78. The normalized spacial score (nSPS) is 10.1. The molecule has 0 aromatic rings. The molecule has 0 aliphatic heterocycles. The van der Waals surface area contributed by atoms with Gasteiger partial charge in [0.25, 0.3) is 0 Å². The molecule has 0 heterocycles. The van der Waals surface area contributed by atoms with Gasteiger partial charge in [-0.05, 0) is 18.6 Å². The third-order valence-corrected chi connectivity index (χ3v) is 4.35. The number of rotatable bonds is 18. The molecule has 0 rings (SSSR count). The number of carbonyl (C=O) groups is 3. The van der Waals surface area contributed by atoms with E-state index in [-0.39, 0.29) is 23.1 Å². The van der Waals surface area contributed by atoms with Crippen LogP contribution >= 0.6 is 0 Å². The van der Waals surface area contributed by atoms with Gasteiger partial charge in [0.1, 0.15) is 0 Å². The Labute approximate surface area is 192 Å². The second-order valence-corrected chi connectivity index (χ2v) is 7.06. The minimum Gasteiger partial charge on any atom is -0.545 e. The van der Waals surface area contributed by atoms with Crippen LogP contribution in [0.15, 0.2) is 12.2 Å². The summed E-state index contributed by atoms with van der Waals surface area (Å²) in [6.07, 6.45) is 21.0. The van der Waals surface area contributed by atoms with Gasteiger partial charge < -0.3 is 24.9 Å². The summed E-state index contributed by atoms with van der Waals surface area (Å²) in [5, 5.41) is 27.3. The van der Waals surface area contributed by atoms with E-state index in [4.69, 9.17) is 5.11 Å². The van der Waals surface area contributed by atoms with Crippen molar-refractivity contribution in [1.29, 1.82) is 0 Å². The van der Waals surface area contributed by atoms with Gasteiger partial charge in [0.15, 0.2) is 0 Å². The summed E-state index contributed by atoms with van der Waals surface area (Å²) in [4.78, 5) is 29.2. The maximum absolute atomic E-state index is 10.3. The van der Waals surface area contributed by atoms with Crippen molar-refractivity contribution >= 4 is 41.0 Å². The monoisotopic (exact) mass is 422 g/mol. The first-order valence-corrected chi connectivity index (χ1v) is 10.7. The Morgan fingerprint density at radius 1 is 0.621 bits per heavy atom. The Morgan fingerprint density at radius 2 is 0.897 bits per heavy atom. The van der Waals surface area contributed by atoms with Crippen LogP contribution in [-0.2, 0) is 14.4 Å². The smallest absolute Gasteiger partial charge is 0.545 e. The quantitative estimate of drug-likeness (QED) is 0.206. The third-order valence-electron chi connectivity index (χ3n) is 4.35. The van der Waals surface area contributed by atoms with Crippen molar-refractivity contribution in [3.05, 3.63) is 12.2 Å². The minimum absolute atomic E-state index is 0. The largest absolute Gasteiger partial charge is 2.00 e. The molecular formula is C22H38MgO6. The van der Waals surface area contributed by atoms with Crippen LogP contribution < -0.4 is 10.2 Å². The predicted molar refractivity (Wildman–Crippen MR) is 112 cm³/mol. The van der Waals surface area contributed by atoms with E-state index in [0.717, 1.165) is 12.8 Å². The second kappa shape index (κ2) is 26.9. The molecule has 0 saturated carbocycles. The fourth-order valence-corrected chi connectivity index (χ4v) is 2.78. The zero-order chi connectivity index (χ0) is 21.5. The summed E-state index contributed by atoms with van der Waals surface area (Å²) >= 11 is 0. The van der Waals surface area contributed by atoms with E-state index in [1.807, 2.05) is 0 Å². The molecular weight excluding hydrogens is 385 g/mol. The Balaban J connectivity index is -0.000000636. The summed E-state index contributed by atoms with van der Waals surface area (Å²) in [6, 6.07) is 0. The molecule has 0 aliphatic rings. The average molecular weight is 423 g/mol. The van der Waals surface area contributed by atoms with Gasteiger partial charge in [-0.3, -0.25) is 4.79 Å². The Morgan fingerprint density at radius 3 is 1.14 bits per heavy atom. The Kier molecular flexibility index (Phi) is 30.2. The van der Waals surface area contributed by atoms with Gasteiger partial charge in [0.05, 0.1) is 11.9 Å². The molecule has 0 unspecified atom stereocenters. The van der Waals surface area contributed by atoms with Crippen LogP contribution in [0.1, 0.15) is 110 Å². The summed E-state index contributed by atoms with van der Waals surface area (Å²) in [5.41, 5.74) is 0. The van der Waals surface area contributed by atoms with E-state index in [1.165, 1.54) is 83.5 Å². The molecule has 0 aromatic heterocycles. The fraction of sp³-hybridized carbons (Fsp3) is 0.773. The number of carboxylic acids is 3. The molecule has 0 spiro atoms. The van der Waals surface area contributed by atoms with E-state index in [9.17, 15) is 24.6 Å². The van der Waals surface area contributed by atoms with Crippen LogP contribution in [0.2, 0.25) is 0 Å². The first kappa shape index (κ1) is 32.6. The van der Waals surface area contributed by atoms with Crippen molar-refractivity contribution in [2.45, 2.75) is 110 Å². The van der Waals surface area contributed by atoms with Gasteiger partial charge in [-0.1, -0.05) is 96.8 Å². The molecule has 0 aromatic carbocycles. The molecule has 0 fully saturated rings. The van der Waals surface area contributed by atoms with Gasteiger partial charge in [0.2, 0.25) is 0 Å². The number of hydrogen-bond acceptors (Lipinski definition) is 5. The van der Waals surface area contributed by atoms with Crippen LogP contribution in [0, 0.1) is 0 Å². The zero-order valence-corrected chi connectivity index (χ0v) is 19.6. The third kappa shape index (κ3) is 38.2. The van der Waals surface area contributed by atoms with Crippen molar-refractivity contribution in [2.75, 3.05) is 0 Å². The molecule has 29 heavy (non-hydrogen) atoms. The molecule has 7 heteroatoms. The van der Waals surface area contributed by atoms with Crippen LogP contribution in [0.5, 0.6) is 0 Å². The first-order chi connectivity index (χ1) is 13.4. The molecule has 0 radical (unpaired) electrons. The average Bonchev–Trinajstić information content (AvgIpc) is 2.63. The van der Waals surface area contributed by atoms with Gasteiger partial charge >= 0.3 is 29.0 Å². The molecule has 0 aliphatic carbocycles. The van der Waals surface area contributed by atoms with Gasteiger partial charge in [-0.25, -0.2) is 0 Å². The van der Waals surface area contributed by atoms with Gasteiger partial charge in [-0.15, -0.1) is 0 Å². The van der Waals surface area contributed by atoms with Crippen molar-refractivity contribution in [2.24, 2.45) is 0 Å². The van der Waals surface area contributed by atoms with Crippen LogP contribution in [-0.4, -0.2) is 46.1 Å². The van der Waals surface area contributed by atoms with Crippen molar-refractivity contribution in [3.63, 3.8) is 0 Å². The van der Waals surface area contributed by atoms with Crippen molar-refractivity contribution < 1.29 is 29.7 Å². The van der Waals surface area contributed by atoms with Crippen LogP contribution in [0.4, 0.5) is 0 Å². The van der Waals surface area contributed by atoms with Gasteiger partial charge in [-0.2, -0.15) is 0 Å². The predicted octanol–water partition coefficient (Wildman–Crippen LogP) is 2.99. The molecule has 1 N–H and O–H groups in total. The number of carboxylic acid groups (broad SMARTS) is 3. The second-order valence-electron chi connectivity index (χ2n) is 7.06. The molecule has 6 nitrogen and oxygen atoms in total. The van der Waals surface area contributed by atoms with Crippen molar-refractivity contribution in [1.82, 2.24) is 0 Å². The minimum atomic E-state index is -1.55. The summed E-state index contributed by atoms with van der Waals surface area (Å²) in [7, 11) is 0. The summed E-state index contributed by atoms with van der Waals surface area (Å²) in [6.45, 7) is 2.27. The Bertz CT molecular complexity index is 408. The van der Waals surface area contributed by atoms with E-state index < -0.39 is 17.9 Å². The van der Waals surface area contributed by atoms with Gasteiger partial charge in [0, 0.05) is 6.42 Å². The SMILES string of the molecule is CCCCCCCCCCCCCCCCCC(=O)O.O=C([O-])C=CC(=O)[O-].[Mg+2]. The maximum atomic E-state index is 10.3. The van der Waals surface area contributed by atoms with E-state index >= 15 is 0 Å². The molecule has 164 valence electrons. The van der Waals surface area contributed by atoms with Crippen LogP contribution in [0.25, 0.3) is 0 Å². The van der Waals surface area contributed by atoms with E-state index in [1.54, 1.807) is 0 Å². The number of unbranched alkanes of at least 4 members (excludes halogenated alkanes) is 14. The molecule has 0 saturated heterocycles. The first-order valence-electron chi connectivity index (χ1n) is 10.7.